The predicted octanol–water partition coefficient (Wildman–Crippen LogP) is 1.98. The molecule has 2 aromatic rings. The fourth-order valence-electron chi connectivity index (χ4n) is 2.57. The van der Waals surface area contributed by atoms with E-state index < -0.39 is 0 Å². The molecule has 1 fully saturated rings. The maximum Gasteiger partial charge on any atom is 0.166 e. The van der Waals surface area contributed by atoms with Gasteiger partial charge in [0.25, 0.3) is 0 Å². The maximum absolute atomic E-state index is 9.04. The van der Waals surface area contributed by atoms with Gasteiger partial charge < -0.3 is 10.2 Å². The largest absolute Gasteiger partial charge is 0.367 e. The highest BCUT2D eigenvalue weighted by atomic mass is 15.3. The Hall–Kier alpha value is -2.75. The molecule has 2 aromatic heterocycles. The number of hydrogen-bond acceptors (Lipinski definition) is 7. The van der Waals surface area contributed by atoms with Crippen LogP contribution in [-0.2, 0) is 5.41 Å². The summed E-state index contributed by atoms with van der Waals surface area (Å²) >= 11 is 0. The van der Waals surface area contributed by atoms with Crippen molar-refractivity contribution in [1.82, 2.24) is 20.4 Å². The predicted molar refractivity (Wildman–Crippen MR) is 91.7 cm³/mol. The second kappa shape index (κ2) is 6.40. The number of anilines is 2. The third-order valence-corrected chi connectivity index (χ3v) is 4.10. The molecule has 1 saturated heterocycles. The molecule has 0 aromatic carbocycles. The summed E-state index contributed by atoms with van der Waals surface area (Å²) in [7, 11) is 0. The average molecular weight is 323 g/mol. The molecule has 24 heavy (non-hydrogen) atoms. The molecule has 0 radical (unpaired) electrons. The van der Waals surface area contributed by atoms with Crippen LogP contribution < -0.4 is 10.2 Å². The summed E-state index contributed by atoms with van der Waals surface area (Å²) in [6.07, 6.45) is 1.52. The standard InChI is InChI=1S/C17H21N7/c1-17(2,3)14-4-5-15(22-21-14)24-10-12(11-24)9-19-16-13(8-18)6-7-20-23-16/h4-7,12H,9-11H2,1-3H3,(H,19,23). The summed E-state index contributed by atoms with van der Waals surface area (Å²) in [5, 5.41) is 28.7. The van der Waals surface area contributed by atoms with Crippen LogP contribution in [0.1, 0.15) is 32.0 Å². The quantitative estimate of drug-likeness (QED) is 0.920. The van der Waals surface area contributed by atoms with Crippen LogP contribution >= 0.6 is 0 Å². The Labute approximate surface area is 141 Å². The zero-order chi connectivity index (χ0) is 17.2. The van der Waals surface area contributed by atoms with Gasteiger partial charge in [-0.25, -0.2) is 0 Å². The topological polar surface area (TPSA) is 90.6 Å². The lowest BCUT2D eigenvalue weighted by molar-refractivity contribution is 0.424. The van der Waals surface area contributed by atoms with Gasteiger partial charge in [-0.2, -0.15) is 15.5 Å². The van der Waals surface area contributed by atoms with Crippen molar-refractivity contribution in [2.24, 2.45) is 5.92 Å². The van der Waals surface area contributed by atoms with Gasteiger partial charge in [-0.3, -0.25) is 0 Å². The van der Waals surface area contributed by atoms with Gasteiger partial charge in [-0.15, -0.1) is 10.2 Å². The zero-order valence-corrected chi connectivity index (χ0v) is 14.2. The number of nitriles is 1. The lowest BCUT2D eigenvalue weighted by atomic mass is 9.92. The van der Waals surface area contributed by atoms with Gasteiger partial charge in [0.1, 0.15) is 6.07 Å². The highest BCUT2D eigenvalue weighted by molar-refractivity contribution is 5.50. The van der Waals surface area contributed by atoms with Crippen molar-refractivity contribution in [2.75, 3.05) is 29.9 Å². The average Bonchev–Trinajstić information content (AvgIpc) is 2.53. The zero-order valence-electron chi connectivity index (χ0n) is 14.2. The van der Waals surface area contributed by atoms with Gasteiger partial charge in [0.2, 0.25) is 0 Å². The number of nitrogens with one attached hydrogen (secondary N) is 1. The van der Waals surface area contributed by atoms with Crippen LogP contribution in [0.4, 0.5) is 11.6 Å². The van der Waals surface area contributed by atoms with Crippen LogP contribution in [0.3, 0.4) is 0 Å². The van der Waals surface area contributed by atoms with E-state index in [1.807, 2.05) is 12.1 Å². The van der Waals surface area contributed by atoms with Crippen LogP contribution in [0.5, 0.6) is 0 Å². The molecule has 7 heteroatoms. The minimum absolute atomic E-state index is 0.0160. The molecule has 0 spiro atoms. The first-order valence-electron chi connectivity index (χ1n) is 8.02. The molecule has 3 heterocycles. The fraction of sp³-hybridized carbons (Fsp3) is 0.471. The lowest BCUT2D eigenvalue weighted by Gasteiger charge is -2.40. The molecule has 0 amide bonds. The molecule has 7 nitrogen and oxygen atoms in total. The van der Waals surface area contributed by atoms with Gasteiger partial charge >= 0.3 is 0 Å². The number of nitrogens with zero attached hydrogens (tertiary/aromatic N) is 6. The van der Waals surface area contributed by atoms with Crippen molar-refractivity contribution >= 4 is 11.6 Å². The van der Waals surface area contributed by atoms with E-state index in [4.69, 9.17) is 5.26 Å². The molecular formula is C17H21N7. The van der Waals surface area contributed by atoms with Crippen molar-refractivity contribution in [3.63, 3.8) is 0 Å². The molecular weight excluding hydrogens is 302 g/mol. The Morgan fingerprint density at radius 3 is 2.62 bits per heavy atom. The van der Waals surface area contributed by atoms with E-state index in [1.54, 1.807) is 6.07 Å². The molecule has 0 saturated carbocycles. The van der Waals surface area contributed by atoms with Crippen LogP contribution in [0, 0.1) is 17.2 Å². The van der Waals surface area contributed by atoms with E-state index in [1.165, 1.54) is 6.20 Å². The maximum atomic E-state index is 9.04. The van der Waals surface area contributed by atoms with Crippen molar-refractivity contribution in [3.05, 3.63) is 35.7 Å². The van der Waals surface area contributed by atoms with Gasteiger partial charge in [-0.05, 0) is 18.2 Å². The van der Waals surface area contributed by atoms with Crippen molar-refractivity contribution in [3.8, 4) is 6.07 Å². The Morgan fingerprint density at radius 1 is 1.21 bits per heavy atom. The number of hydrogen-bond donors (Lipinski definition) is 1. The molecule has 0 bridgehead atoms. The van der Waals surface area contributed by atoms with Crippen molar-refractivity contribution in [1.29, 1.82) is 5.26 Å². The summed E-state index contributed by atoms with van der Waals surface area (Å²) in [6.45, 7) is 8.98. The molecule has 1 aliphatic heterocycles. The second-order valence-electron chi connectivity index (χ2n) is 7.08. The van der Waals surface area contributed by atoms with E-state index in [0.29, 0.717) is 17.3 Å². The first-order valence-corrected chi connectivity index (χ1v) is 8.02. The van der Waals surface area contributed by atoms with E-state index in [-0.39, 0.29) is 5.41 Å². The normalized spacial score (nSPS) is 14.8. The van der Waals surface area contributed by atoms with Gasteiger partial charge in [0.05, 0.1) is 17.5 Å². The molecule has 1 N–H and O–H groups in total. The van der Waals surface area contributed by atoms with Crippen LogP contribution in [0.25, 0.3) is 0 Å². The first-order chi connectivity index (χ1) is 11.5. The summed E-state index contributed by atoms with van der Waals surface area (Å²) in [5.74, 6) is 1.95. The monoisotopic (exact) mass is 323 g/mol. The Bertz CT molecular complexity index is 737. The van der Waals surface area contributed by atoms with Crippen molar-refractivity contribution < 1.29 is 0 Å². The summed E-state index contributed by atoms with van der Waals surface area (Å²) in [4.78, 5) is 2.20. The highest BCUT2D eigenvalue weighted by Crippen LogP contribution is 2.25. The lowest BCUT2D eigenvalue weighted by Crippen LogP contribution is -2.50. The van der Waals surface area contributed by atoms with Crippen LogP contribution in [0.2, 0.25) is 0 Å². The van der Waals surface area contributed by atoms with Crippen LogP contribution in [0.15, 0.2) is 24.4 Å². The van der Waals surface area contributed by atoms with Gasteiger partial charge in [0.15, 0.2) is 11.6 Å². The summed E-state index contributed by atoms with van der Waals surface area (Å²) in [5.41, 5.74) is 1.53. The number of rotatable bonds is 4. The summed E-state index contributed by atoms with van der Waals surface area (Å²) in [6, 6.07) is 7.86. The van der Waals surface area contributed by atoms with Gasteiger partial charge in [0, 0.05) is 31.0 Å². The first kappa shape index (κ1) is 16.1. The van der Waals surface area contributed by atoms with E-state index in [0.717, 1.165) is 31.1 Å². The van der Waals surface area contributed by atoms with Gasteiger partial charge in [-0.1, -0.05) is 20.8 Å². The minimum atomic E-state index is 0.0160. The van der Waals surface area contributed by atoms with Crippen LogP contribution in [-0.4, -0.2) is 40.0 Å². The van der Waals surface area contributed by atoms with E-state index in [9.17, 15) is 0 Å². The third kappa shape index (κ3) is 3.43. The SMILES string of the molecule is CC(C)(C)c1ccc(N2CC(CNc3nnccc3C#N)C2)nn1. The Morgan fingerprint density at radius 2 is 2.00 bits per heavy atom. The number of aromatic nitrogens is 4. The smallest absolute Gasteiger partial charge is 0.166 e. The van der Waals surface area contributed by atoms with Crippen molar-refractivity contribution in [2.45, 2.75) is 26.2 Å². The fourth-order valence-corrected chi connectivity index (χ4v) is 2.57. The Kier molecular flexibility index (Phi) is 4.30. The molecule has 0 atom stereocenters. The minimum Gasteiger partial charge on any atom is -0.367 e. The molecule has 124 valence electrons. The molecule has 1 aliphatic rings. The summed E-state index contributed by atoms with van der Waals surface area (Å²) < 4.78 is 0. The third-order valence-electron chi connectivity index (χ3n) is 4.10. The highest BCUT2D eigenvalue weighted by Gasteiger charge is 2.28. The Balaban J connectivity index is 1.52. The molecule has 0 unspecified atom stereocenters. The van der Waals surface area contributed by atoms with E-state index in [2.05, 4.69) is 57.5 Å². The second-order valence-corrected chi connectivity index (χ2v) is 7.08. The van der Waals surface area contributed by atoms with E-state index >= 15 is 0 Å². The molecule has 3 rings (SSSR count). The molecule has 0 aliphatic carbocycles.